The summed E-state index contributed by atoms with van der Waals surface area (Å²) in [5.41, 5.74) is 3.43. The Morgan fingerprint density at radius 2 is 2.07 bits per heavy atom. The molecule has 0 spiro atoms. The van der Waals surface area contributed by atoms with Crippen LogP contribution in [-0.4, -0.2) is 26.0 Å². The first-order chi connectivity index (χ1) is 13.0. The van der Waals surface area contributed by atoms with Crippen molar-refractivity contribution in [1.29, 1.82) is 0 Å². The Morgan fingerprint density at radius 1 is 1.26 bits per heavy atom. The molecule has 2 aromatic rings. The van der Waals surface area contributed by atoms with E-state index in [4.69, 9.17) is 21.1 Å². The summed E-state index contributed by atoms with van der Waals surface area (Å²) in [4.78, 5) is 23.5. The van der Waals surface area contributed by atoms with Crippen molar-refractivity contribution in [2.45, 2.75) is 13.0 Å². The highest BCUT2D eigenvalue weighted by atomic mass is 35.5. The molecular formula is C20H19ClN2O4. The van der Waals surface area contributed by atoms with E-state index < -0.39 is 0 Å². The predicted octanol–water partition coefficient (Wildman–Crippen LogP) is 3.18. The molecule has 1 aliphatic heterocycles. The van der Waals surface area contributed by atoms with Crippen molar-refractivity contribution in [2.75, 3.05) is 19.5 Å². The Hall–Kier alpha value is -2.99. The number of amides is 2. The number of anilines is 1. The molecular weight excluding hydrogens is 368 g/mol. The van der Waals surface area contributed by atoms with Crippen molar-refractivity contribution in [1.82, 2.24) is 5.32 Å². The number of carbonyl (C=O) groups is 2. The second kappa shape index (κ2) is 8.14. The van der Waals surface area contributed by atoms with Crippen LogP contribution >= 0.6 is 11.6 Å². The van der Waals surface area contributed by atoms with Gasteiger partial charge in [0.15, 0.2) is 11.5 Å². The fourth-order valence-electron chi connectivity index (χ4n) is 2.85. The van der Waals surface area contributed by atoms with Gasteiger partial charge in [-0.2, -0.15) is 0 Å². The molecule has 0 fully saturated rings. The lowest BCUT2D eigenvalue weighted by atomic mass is 10.1. The van der Waals surface area contributed by atoms with Crippen LogP contribution in [-0.2, 0) is 22.6 Å². The van der Waals surface area contributed by atoms with E-state index in [1.807, 2.05) is 18.2 Å². The highest BCUT2D eigenvalue weighted by Crippen LogP contribution is 2.36. The van der Waals surface area contributed by atoms with E-state index in [0.29, 0.717) is 29.5 Å². The number of hydrogen-bond acceptors (Lipinski definition) is 4. The molecule has 0 saturated heterocycles. The minimum Gasteiger partial charge on any atom is -0.493 e. The van der Waals surface area contributed by atoms with Gasteiger partial charge in [0.2, 0.25) is 11.8 Å². The zero-order valence-electron chi connectivity index (χ0n) is 15.0. The number of hydrogen-bond donors (Lipinski definition) is 2. The topological polar surface area (TPSA) is 76.7 Å². The third kappa shape index (κ3) is 4.41. The predicted molar refractivity (Wildman–Crippen MR) is 104 cm³/mol. The molecule has 0 atom stereocenters. The van der Waals surface area contributed by atoms with Gasteiger partial charge >= 0.3 is 0 Å². The fraction of sp³-hybridized carbons (Fsp3) is 0.200. The van der Waals surface area contributed by atoms with Crippen LogP contribution in [0.2, 0.25) is 5.02 Å². The highest BCUT2D eigenvalue weighted by Gasteiger charge is 2.17. The molecule has 1 heterocycles. The zero-order chi connectivity index (χ0) is 19.4. The summed E-state index contributed by atoms with van der Waals surface area (Å²) < 4.78 is 10.4. The third-order valence-corrected chi connectivity index (χ3v) is 4.43. The van der Waals surface area contributed by atoms with Gasteiger partial charge in [-0.3, -0.25) is 9.59 Å². The lowest BCUT2D eigenvalue weighted by Crippen LogP contribution is -2.20. The minimum absolute atomic E-state index is 0.0114. The summed E-state index contributed by atoms with van der Waals surface area (Å²) in [6.07, 6.45) is 3.45. The van der Waals surface area contributed by atoms with E-state index in [9.17, 15) is 9.59 Å². The Morgan fingerprint density at radius 3 is 2.81 bits per heavy atom. The van der Waals surface area contributed by atoms with Gasteiger partial charge < -0.3 is 20.1 Å². The summed E-state index contributed by atoms with van der Waals surface area (Å²) in [6.45, 7) is 0.372. The first kappa shape index (κ1) is 18.8. The number of nitrogens with one attached hydrogen (secondary N) is 2. The standard InChI is InChI=1S/C20H19ClN2O4/c1-26-17-9-12(8-15(21)20(17)27-2)4-6-18(24)22-11-13-3-5-16-14(7-13)10-19(25)23-16/h3-9H,10-11H2,1-2H3,(H,22,24)(H,23,25)/b6-4-. The third-order valence-electron chi connectivity index (χ3n) is 4.14. The molecule has 0 saturated carbocycles. The first-order valence-electron chi connectivity index (χ1n) is 8.29. The molecule has 0 aromatic heterocycles. The maximum Gasteiger partial charge on any atom is 0.244 e. The molecule has 2 aromatic carbocycles. The smallest absolute Gasteiger partial charge is 0.244 e. The van der Waals surface area contributed by atoms with Crippen LogP contribution in [0.15, 0.2) is 36.4 Å². The summed E-state index contributed by atoms with van der Waals surface area (Å²) >= 11 is 6.16. The van der Waals surface area contributed by atoms with Crippen molar-refractivity contribution in [2.24, 2.45) is 0 Å². The monoisotopic (exact) mass is 386 g/mol. The van der Waals surface area contributed by atoms with Gasteiger partial charge in [-0.15, -0.1) is 0 Å². The van der Waals surface area contributed by atoms with Gasteiger partial charge in [0.05, 0.1) is 25.7 Å². The Balaban J connectivity index is 1.62. The van der Waals surface area contributed by atoms with Gasteiger partial charge in [0.1, 0.15) is 0 Å². The average molecular weight is 387 g/mol. The van der Waals surface area contributed by atoms with Crippen LogP contribution in [0, 0.1) is 0 Å². The Bertz CT molecular complexity index is 924. The highest BCUT2D eigenvalue weighted by molar-refractivity contribution is 6.32. The second-order valence-corrected chi connectivity index (χ2v) is 6.41. The summed E-state index contributed by atoms with van der Waals surface area (Å²) in [6, 6.07) is 9.08. The van der Waals surface area contributed by atoms with Crippen molar-refractivity contribution in [3.8, 4) is 11.5 Å². The van der Waals surface area contributed by atoms with Crippen LogP contribution in [0.25, 0.3) is 6.08 Å². The lowest BCUT2D eigenvalue weighted by Gasteiger charge is -2.10. The molecule has 140 valence electrons. The first-order valence-corrected chi connectivity index (χ1v) is 8.67. The van der Waals surface area contributed by atoms with Gasteiger partial charge in [0.25, 0.3) is 0 Å². The number of halogens is 1. The Labute approximate surface area is 162 Å². The molecule has 0 radical (unpaired) electrons. The molecule has 7 heteroatoms. The molecule has 2 N–H and O–H groups in total. The summed E-state index contributed by atoms with van der Waals surface area (Å²) in [5.74, 6) is 0.690. The molecule has 0 bridgehead atoms. The minimum atomic E-state index is -0.240. The van der Waals surface area contributed by atoms with E-state index >= 15 is 0 Å². The maximum atomic E-state index is 12.1. The van der Waals surface area contributed by atoms with Crippen molar-refractivity contribution in [3.05, 3.63) is 58.1 Å². The SMILES string of the molecule is COc1cc(/C=C\C(=O)NCc2ccc3c(c2)CC(=O)N3)cc(Cl)c1OC. The summed E-state index contributed by atoms with van der Waals surface area (Å²) in [5, 5.41) is 6.00. The van der Waals surface area contributed by atoms with Crippen LogP contribution in [0.5, 0.6) is 11.5 Å². The molecule has 0 unspecified atom stereocenters. The molecule has 27 heavy (non-hydrogen) atoms. The van der Waals surface area contributed by atoms with E-state index in [1.165, 1.54) is 20.3 Å². The normalized spacial score (nSPS) is 12.6. The summed E-state index contributed by atoms with van der Waals surface area (Å²) in [7, 11) is 3.03. The Kier molecular flexibility index (Phi) is 5.66. The van der Waals surface area contributed by atoms with Crippen molar-refractivity contribution < 1.29 is 19.1 Å². The molecule has 2 amide bonds. The van der Waals surface area contributed by atoms with Gasteiger partial charge in [-0.25, -0.2) is 0 Å². The number of methoxy groups -OCH3 is 2. The molecule has 6 nitrogen and oxygen atoms in total. The molecule has 3 rings (SSSR count). The van der Waals surface area contributed by atoms with Gasteiger partial charge in [0, 0.05) is 18.3 Å². The van der Waals surface area contributed by atoms with Crippen LogP contribution in [0.1, 0.15) is 16.7 Å². The van der Waals surface area contributed by atoms with E-state index in [-0.39, 0.29) is 11.8 Å². The van der Waals surface area contributed by atoms with Crippen molar-refractivity contribution >= 4 is 35.2 Å². The van der Waals surface area contributed by atoms with Crippen LogP contribution < -0.4 is 20.1 Å². The largest absolute Gasteiger partial charge is 0.493 e. The second-order valence-electron chi connectivity index (χ2n) is 6.01. The number of ether oxygens (including phenoxy) is 2. The van der Waals surface area contributed by atoms with E-state index in [1.54, 1.807) is 18.2 Å². The van der Waals surface area contributed by atoms with Crippen LogP contribution in [0.4, 0.5) is 5.69 Å². The lowest BCUT2D eigenvalue weighted by molar-refractivity contribution is -0.117. The zero-order valence-corrected chi connectivity index (χ0v) is 15.7. The molecule has 1 aliphatic rings. The number of benzene rings is 2. The van der Waals surface area contributed by atoms with Crippen molar-refractivity contribution in [3.63, 3.8) is 0 Å². The number of rotatable bonds is 6. The van der Waals surface area contributed by atoms with Gasteiger partial charge in [-0.05, 0) is 41.0 Å². The fourth-order valence-corrected chi connectivity index (χ4v) is 3.14. The van der Waals surface area contributed by atoms with Gasteiger partial charge in [-0.1, -0.05) is 23.7 Å². The maximum absolute atomic E-state index is 12.1. The average Bonchev–Trinajstić information content (AvgIpc) is 3.03. The van der Waals surface area contributed by atoms with E-state index in [2.05, 4.69) is 10.6 Å². The number of carbonyl (C=O) groups excluding carboxylic acids is 2. The molecule has 0 aliphatic carbocycles. The van der Waals surface area contributed by atoms with Crippen LogP contribution in [0.3, 0.4) is 0 Å². The van der Waals surface area contributed by atoms with E-state index in [0.717, 1.165) is 22.4 Å². The number of fused-ring (bicyclic) bond motifs is 1. The quantitative estimate of drug-likeness (QED) is 0.747.